The summed E-state index contributed by atoms with van der Waals surface area (Å²) in [5.74, 6) is -0.127. The number of allylic oxidation sites excluding steroid dienone is 5. The van der Waals surface area contributed by atoms with Crippen molar-refractivity contribution in [2.45, 2.75) is 59.8 Å². The van der Waals surface area contributed by atoms with Crippen molar-refractivity contribution >= 4 is 23.4 Å². The van der Waals surface area contributed by atoms with Gasteiger partial charge in [0.15, 0.2) is 0 Å². The van der Waals surface area contributed by atoms with Crippen molar-refractivity contribution in [3.63, 3.8) is 0 Å². The van der Waals surface area contributed by atoms with E-state index in [-0.39, 0.29) is 11.0 Å². The maximum absolute atomic E-state index is 11.6. The number of aryl methyl sites for hydroxylation is 2. The fourth-order valence-electron chi connectivity index (χ4n) is 4.74. The Balaban J connectivity index is 1.58. The first-order chi connectivity index (χ1) is 18.2. The molecule has 2 aliphatic heterocycles. The Bertz CT molecular complexity index is 1360. The van der Waals surface area contributed by atoms with Gasteiger partial charge in [-0.15, -0.1) is 0 Å². The van der Waals surface area contributed by atoms with E-state index >= 15 is 0 Å². The van der Waals surface area contributed by atoms with Crippen LogP contribution in [0.25, 0.3) is 6.08 Å². The molecule has 4 rings (SSSR count). The maximum atomic E-state index is 11.6. The molecule has 0 amide bonds. The van der Waals surface area contributed by atoms with Gasteiger partial charge >= 0.3 is 5.97 Å². The van der Waals surface area contributed by atoms with Gasteiger partial charge in [-0.05, 0) is 84.9 Å². The molecule has 0 spiro atoms. The molecule has 0 aromatic heterocycles. The van der Waals surface area contributed by atoms with Crippen LogP contribution in [0.2, 0.25) is 0 Å². The zero-order valence-corrected chi connectivity index (χ0v) is 22.8. The Morgan fingerprint density at radius 3 is 2.55 bits per heavy atom. The van der Waals surface area contributed by atoms with Crippen LogP contribution in [-0.4, -0.2) is 17.6 Å². The topological polar surface area (TPSA) is 73.6 Å². The molecule has 0 atom stereocenters. The lowest BCUT2D eigenvalue weighted by Crippen LogP contribution is -2.24. The van der Waals surface area contributed by atoms with Crippen LogP contribution in [0.15, 0.2) is 83.4 Å². The van der Waals surface area contributed by atoms with Crippen LogP contribution in [-0.2, 0) is 22.4 Å². The van der Waals surface area contributed by atoms with E-state index in [4.69, 9.17) is 4.74 Å². The Morgan fingerprint density at radius 1 is 1.13 bits per heavy atom. The van der Waals surface area contributed by atoms with Crippen molar-refractivity contribution in [2.75, 3.05) is 11.4 Å². The minimum Gasteiger partial charge on any atom is -0.477 e. The number of hydrogen-bond acceptors (Lipinski definition) is 4. The summed E-state index contributed by atoms with van der Waals surface area (Å²) >= 11 is 0. The molecule has 38 heavy (non-hydrogen) atoms. The number of anilines is 2. The molecule has 0 fully saturated rings. The molecule has 2 aromatic carbocycles. The number of carboxylic acids is 1. The number of aliphatic carboxylic acids is 1. The molecule has 2 aromatic rings. The number of rotatable bonds is 7. The molecule has 0 aliphatic carbocycles. The number of hydrogen-bond donors (Lipinski definition) is 1. The second kappa shape index (κ2) is 11.6. The lowest BCUT2D eigenvalue weighted by Gasteiger charge is -2.32. The average molecular weight is 509 g/mol. The molecule has 1 N–H and O–H groups in total. The highest BCUT2D eigenvalue weighted by atomic mass is 16.5. The van der Waals surface area contributed by atoms with Crippen LogP contribution in [0.3, 0.4) is 0 Å². The lowest BCUT2D eigenvalue weighted by atomic mass is 9.90. The number of carbonyl (C=O) groups is 1. The molecule has 5 nitrogen and oxygen atoms in total. The van der Waals surface area contributed by atoms with Gasteiger partial charge in [-0.25, -0.2) is 4.79 Å². The summed E-state index contributed by atoms with van der Waals surface area (Å²) in [6.45, 7) is 9.19. The maximum Gasteiger partial charge on any atom is 0.347 e. The largest absolute Gasteiger partial charge is 0.477 e. The third-order valence-corrected chi connectivity index (χ3v) is 6.89. The van der Waals surface area contributed by atoms with Gasteiger partial charge in [-0.3, -0.25) is 0 Å². The smallest absolute Gasteiger partial charge is 0.347 e. The highest BCUT2D eigenvalue weighted by Gasteiger charge is 2.25. The van der Waals surface area contributed by atoms with Crippen molar-refractivity contribution in [3.8, 4) is 6.07 Å². The number of nitrogens with zero attached hydrogens (tertiary/aromatic N) is 2. The predicted molar refractivity (Wildman–Crippen MR) is 153 cm³/mol. The summed E-state index contributed by atoms with van der Waals surface area (Å²) in [6.07, 6.45) is 12.7. The summed E-state index contributed by atoms with van der Waals surface area (Å²) < 4.78 is 6.09. The first kappa shape index (κ1) is 27.0. The second-order valence-electron chi connectivity index (χ2n) is 10.9. The quantitative estimate of drug-likeness (QED) is 0.304. The summed E-state index contributed by atoms with van der Waals surface area (Å²) in [6, 6.07) is 17.3. The van der Waals surface area contributed by atoms with Crippen LogP contribution in [0, 0.1) is 16.7 Å². The average Bonchev–Trinajstić information content (AvgIpc) is 2.90. The second-order valence-corrected chi connectivity index (χ2v) is 10.9. The normalized spacial score (nSPS) is 16.8. The van der Waals surface area contributed by atoms with Crippen LogP contribution >= 0.6 is 0 Å². The minimum atomic E-state index is -1.25. The van der Waals surface area contributed by atoms with Gasteiger partial charge in [-0.1, -0.05) is 58.4 Å². The van der Waals surface area contributed by atoms with E-state index in [0.717, 1.165) is 31.4 Å². The van der Waals surface area contributed by atoms with Crippen LogP contribution < -0.4 is 4.90 Å². The molecule has 0 bridgehead atoms. The predicted octanol–water partition coefficient (Wildman–Crippen LogP) is 7.88. The van der Waals surface area contributed by atoms with E-state index < -0.39 is 5.97 Å². The van der Waals surface area contributed by atoms with Gasteiger partial charge in [0.2, 0.25) is 0 Å². The van der Waals surface area contributed by atoms with Crippen molar-refractivity contribution in [3.05, 3.63) is 100 Å². The standard InChI is InChI=1S/C33H36N2O3/c1-5-6-8-23-10-14-27(15-11-23)35-18-7-9-25-19-24(13-17-30(25)35)12-16-28-20-26(29(22-34)32(36)37)21-31(38-28)33(2,3)4/h10-17,19-21H,5-9,18H2,1-4H3,(H,36,37). The SMILES string of the molecule is CCCCc1ccc(N2CCCc3cc(C=CC4=CC(=C(C#N)C(=O)O)C=C(C(C)(C)C)O4)ccc32)cc1. The first-order valence-electron chi connectivity index (χ1n) is 13.4. The summed E-state index contributed by atoms with van der Waals surface area (Å²) in [5, 5.41) is 18.9. The molecule has 2 heterocycles. The Labute approximate surface area is 226 Å². The summed E-state index contributed by atoms with van der Waals surface area (Å²) in [5.41, 5.74) is 5.91. The zero-order chi connectivity index (χ0) is 27.3. The molecule has 196 valence electrons. The number of nitriles is 1. The van der Waals surface area contributed by atoms with E-state index in [1.807, 2.05) is 39.0 Å². The van der Waals surface area contributed by atoms with Crippen molar-refractivity contribution in [2.24, 2.45) is 5.41 Å². The van der Waals surface area contributed by atoms with Gasteiger partial charge in [-0.2, -0.15) is 5.26 Å². The van der Waals surface area contributed by atoms with E-state index in [2.05, 4.69) is 54.3 Å². The molecule has 0 radical (unpaired) electrons. The highest BCUT2D eigenvalue weighted by Crippen LogP contribution is 2.36. The number of ether oxygens (including phenoxy) is 1. The number of carboxylic acid groups (broad SMARTS) is 1. The molecular weight excluding hydrogens is 472 g/mol. The zero-order valence-electron chi connectivity index (χ0n) is 22.8. The van der Waals surface area contributed by atoms with Crippen LogP contribution in [0.4, 0.5) is 11.4 Å². The number of benzene rings is 2. The van der Waals surface area contributed by atoms with E-state index in [0.29, 0.717) is 17.1 Å². The van der Waals surface area contributed by atoms with Crippen molar-refractivity contribution < 1.29 is 14.6 Å². The Hall–Kier alpha value is -4.04. The molecule has 2 aliphatic rings. The Morgan fingerprint density at radius 2 is 1.89 bits per heavy atom. The lowest BCUT2D eigenvalue weighted by molar-refractivity contribution is -0.132. The monoisotopic (exact) mass is 508 g/mol. The van der Waals surface area contributed by atoms with Gasteiger partial charge in [0.25, 0.3) is 0 Å². The summed E-state index contributed by atoms with van der Waals surface area (Å²) in [7, 11) is 0. The summed E-state index contributed by atoms with van der Waals surface area (Å²) in [4.78, 5) is 14.0. The van der Waals surface area contributed by atoms with Crippen LogP contribution in [0.1, 0.15) is 63.6 Å². The fourth-order valence-corrected chi connectivity index (χ4v) is 4.74. The van der Waals surface area contributed by atoms with E-state index in [1.165, 1.54) is 35.3 Å². The van der Waals surface area contributed by atoms with Gasteiger partial charge in [0.05, 0.1) is 0 Å². The van der Waals surface area contributed by atoms with Gasteiger partial charge in [0.1, 0.15) is 23.2 Å². The third kappa shape index (κ3) is 6.26. The molecule has 5 heteroatoms. The molecular formula is C33H36N2O3. The van der Waals surface area contributed by atoms with E-state index in [9.17, 15) is 15.2 Å². The van der Waals surface area contributed by atoms with Gasteiger partial charge < -0.3 is 14.7 Å². The fraction of sp³-hybridized carbons (Fsp3) is 0.333. The highest BCUT2D eigenvalue weighted by molar-refractivity contribution is 5.93. The van der Waals surface area contributed by atoms with E-state index in [1.54, 1.807) is 12.2 Å². The molecule has 0 saturated heterocycles. The third-order valence-electron chi connectivity index (χ3n) is 6.89. The Kier molecular flexibility index (Phi) is 8.22. The van der Waals surface area contributed by atoms with Gasteiger partial charge in [0, 0.05) is 28.9 Å². The molecule has 0 saturated carbocycles. The number of unbranched alkanes of at least 4 members (excludes halogenated alkanes) is 1. The minimum absolute atomic E-state index is 0.298. The first-order valence-corrected chi connectivity index (χ1v) is 13.4. The van der Waals surface area contributed by atoms with Crippen molar-refractivity contribution in [1.29, 1.82) is 5.26 Å². The molecule has 0 unspecified atom stereocenters. The van der Waals surface area contributed by atoms with Crippen LogP contribution in [0.5, 0.6) is 0 Å². The van der Waals surface area contributed by atoms with Crippen molar-refractivity contribution in [1.82, 2.24) is 0 Å². The number of fused-ring (bicyclic) bond motifs is 1.